The zero-order chi connectivity index (χ0) is 12.7. The molecule has 3 rings (SSSR count). The summed E-state index contributed by atoms with van der Waals surface area (Å²) >= 11 is 0. The van der Waals surface area contributed by atoms with Crippen molar-refractivity contribution in [3.8, 4) is 0 Å². The smallest absolute Gasteiger partial charge is 0.415 e. The Morgan fingerprint density at radius 1 is 1.17 bits per heavy atom. The normalized spacial score (nSPS) is 18.8. The van der Waals surface area contributed by atoms with Crippen molar-refractivity contribution >= 4 is 22.8 Å². The molecule has 0 aromatic heterocycles. The van der Waals surface area contributed by atoms with Crippen LogP contribution in [0.3, 0.4) is 0 Å². The average Bonchev–Trinajstić information content (AvgIpc) is 2.67. The molecular weight excluding hydrogens is 237 g/mol. The average molecular weight is 245 g/mol. The van der Waals surface area contributed by atoms with Gasteiger partial charge in [0.25, 0.3) is 5.91 Å². The zero-order valence-corrected chi connectivity index (χ0v) is 9.14. The number of imide groups is 1. The summed E-state index contributed by atoms with van der Waals surface area (Å²) in [5.41, 5.74) is 0.482. The van der Waals surface area contributed by atoms with Crippen molar-refractivity contribution in [3.63, 3.8) is 0 Å². The first-order valence-corrected chi connectivity index (χ1v) is 5.35. The van der Waals surface area contributed by atoms with Gasteiger partial charge in [-0.25, -0.2) is 9.18 Å². The molecule has 2 amide bonds. The highest BCUT2D eigenvalue weighted by molar-refractivity contribution is 6.02. The lowest BCUT2D eigenvalue weighted by Gasteiger charge is -2.10. The fourth-order valence-electron chi connectivity index (χ4n) is 2.06. The Morgan fingerprint density at radius 3 is 2.72 bits per heavy atom. The summed E-state index contributed by atoms with van der Waals surface area (Å²) in [5.74, 6) is -0.934. The van der Waals surface area contributed by atoms with E-state index in [0.29, 0.717) is 10.9 Å². The number of nitrogens with one attached hydrogen (secondary N) is 1. The van der Waals surface area contributed by atoms with E-state index >= 15 is 0 Å². The molecular formula is C13H8FNO3. The molecule has 1 N–H and O–H groups in total. The molecule has 1 saturated heterocycles. The molecule has 1 aliphatic heterocycles. The van der Waals surface area contributed by atoms with Crippen LogP contribution in [0.2, 0.25) is 0 Å². The molecule has 5 heteroatoms. The molecule has 90 valence electrons. The largest absolute Gasteiger partial charge is 0.431 e. The fourth-order valence-corrected chi connectivity index (χ4v) is 2.06. The summed E-state index contributed by atoms with van der Waals surface area (Å²) in [6.07, 6.45) is -1.79. The maximum atomic E-state index is 13.3. The number of rotatable bonds is 1. The maximum absolute atomic E-state index is 13.3. The minimum absolute atomic E-state index is 0.403. The van der Waals surface area contributed by atoms with Crippen molar-refractivity contribution in [2.45, 2.75) is 6.10 Å². The van der Waals surface area contributed by atoms with Crippen LogP contribution in [-0.2, 0) is 9.53 Å². The van der Waals surface area contributed by atoms with E-state index in [4.69, 9.17) is 4.74 Å². The van der Waals surface area contributed by atoms with Crippen LogP contribution < -0.4 is 5.32 Å². The lowest BCUT2D eigenvalue weighted by Crippen LogP contribution is -2.20. The number of carbonyl (C=O) groups is 2. The Bertz CT molecular complexity index is 668. The third kappa shape index (κ3) is 1.60. The summed E-state index contributed by atoms with van der Waals surface area (Å²) in [7, 11) is 0. The number of alkyl carbamates (subject to hydrolysis) is 1. The van der Waals surface area contributed by atoms with Gasteiger partial charge in [-0.05, 0) is 22.9 Å². The minimum Gasteiger partial charge on any atom is -0.431 e. The molecule has 0 bridgehead atoms. The molecule has 0 spiro atoms. The number of fused-ring (bicyclic) bond motifs is 1. The highest BCUT2D eigenvalue weighted by Gasteiger charge is 2.34. The molecule has 1 fully saturated rings. The van der Waals surface area contributed by atoms with Crippen LogP contribution in [0, 0.1) is 5.82 Å². The van der Waals surface area contributed by atoms with Crippen LogP contribution in [0.5, 0.6) is 0 Å². The summed E-state index contributed by atoms with van der Waals surface area (Å²) < 4.78 is 18.2. The Kier molecular flexibility index (Phi) is 2.26. The van der Waals surface area contributed by atoms with Gasteiger partial charge in [-0.15, -0.1) is 0 Å². The third-order valence-corrected chi connectivity index (χ3v) is 2.85. The molecule has 0 radical (unpaired) electrons. The van der Waals surface area contributed by atoms with Gasteiger partial charge in [0.05, 0.1) is 0 Å². The summed E-state index contributed by atoms with van der Waals surface area (Å²) in [6.45, 7) is 0. The number of benzene rings is 2. The second kappa shape index (κ2) is 3.80. The molecule has 1 heterocycles. The second-order valence-corrected chi connectivity index (χ2v) is 3.99. The molecule has 0 aliphatic carbocycles. The second-order valence-electron chi connectivity index (χ2n) is 3.99. The van der Waals surface area contributed by atoms with Gasteiger partial charge in [0.15, 0.2) is 0 Å². The van der Waals surface area contributed by atoms with E-state index < -0.39 is 23.9 Å². The van der Waals surface area contributed by atoms with Crippen molar-refractivity contribution < 1.29 is 18.7 Å². The molecule has 2 aromatic rings. The van der Waals surface area contributed by atoms with Gasteiger partial charge in [0.2, 0.25) is 6.10 Å². The molecule has 2 aromatic carbocycles. The van der Waals surface area contributed by atoms with Crippen molar-refractivity contribution in [2.24, 2.45) is 0 Å². The zero-order valence-electron chi connectivity index (χ0n) is 9.14. The standard InChI is InChI=1S/C13H8FNO3/c14-8-5-4-7-2-1-3-9(10(7)6-8)11-12(16)15-13(17)18-11/h1-6,11H,(H,15,16,17). The number of hydrogen-bond acceptors (Lipinski definition) is 3. The van der Waals surface area contributed by atoms with E-state index in [1.165, 1.54) is 12.1 Å². The van der Waals surface area contributed by atoms with Crippen molar-refractivity contribution in [2.75, 3.05) is 0 Å². The van der Waals surface area contributed by atoms with Crippen molar-refractivity contribution in [1.29, 1.82) is 0 Å². The number of halogens is 1. The quantitative estimate of drug-likeness (QED) is 0.838. The summed E-state index contributed by atoms with van der Waals surface area (Å²) in [6, 6.07) is 9.45. The predicted molar refractivity (Wildman–Crippen MR) is 61.3 cm³/mol. The molecule has 18 heavy (non-hydrogen) atoms. The molecule has 1 atom stereocenters. The third-order valence-electron chi connectivity index (χ3n) is 2.85. The summed E-state index contributed by atoms with van der Waals surface area (Å²) in [5, 5.41) is 3.40. The van der Waals surface area contributed by atoms with Crippen LogP contribution in [0.15, 0.2) is 36.4 Å². The van der Waals surface area contributed by atoms with E-state index in [1.807, 2.05) is 0 Å². The van der Waals surface area contributed by atoms with Crippen molar-refractivity contribution in [1.82, 2.24) is 5.32 Å². The number of ether oxygens (including phenoxy) is 1. The van der Waals surface area contributed by atoms with Gasteiger partial charge in [0.1, 0.15) is 5.82 Å². The Labute approximate surface area is 101 Å². The van der Waals surface area contributed by atoms with E-state index in [0.717, 1.165) is 5.39 Å². The van der Waals surface area contributed by atoms with Gasteiger partial charge in [-0.1, -0.05) is 24.3 Å². The lowest BCUT2D eigenvalue weighted by atomic mass is 10.00. The first kappa shape index (κ1) is 10.7. The van der Waals surface area contributed by atoms with Gasteiger partial charge >= 0.3 is 6.09 Å². The van der Waals surface area contributed by atoms with E-state index in [1.54, 1.807) is 24.3 Å². The van der Waals surface area contributed by atoms with Gasteiger partial charge in [-0.2, -0.15) is 0 Å². The van der Waals surface area contributed by atoms with Gasteiger partial charge in [-0.3, -0.25) is 10.1 Å². The number of amides is 2. The highest BCUT2D eigenvalue weighted by atomic mass is 19.1. The van der Waals surface area contributed by atoms with Crippen LogP contribution in [0.25, 0.3) is 10.8 Å². The Balaban J connectivity index is 2.20. The number of carbonyl (C=O) groups excluding carboxylic acids is 2. The molecule has 1 unspecified atom stereocenters. The van der Waals surface area contributed by atoms with Gasteiger partial charge in [0, 0.05) is 5.56 Å². The van der Waals surface area contributed by atoms with E-state index in [9.17, 15) is 14.0 Å². The Hall–Kier alpha value is -2.43. The minimum atomic E-state index is -1.01. The SMILES string of the molecule is O=C1NC(=O)C(c2cccc3ccc(F)cc23)O1. The van der Waals surface area contributed by atoms with E-state index in [2.05, 4.69) is 5.32 Å². The topological polar surface area (TPSA) is 55.4 Å². The predicted octanol–water partition coefficient (Wildman–Crippen LogP) is 2.29. The molecule has 4 nitrogen and oxygen atoms in total. The fraction of sp³-hybridized carbons (Fsp3) is 0.0769. The van der Waals surface area contributed by atoms with Crippen LogP contribution in [-0.4, -0.2) is 12.0 Å². The number of cyclic esters (lactones) is 1. The van der Waals surface area contributed by atoms with Crippen LogP contribution >= 0.6 is 0 Å². The van der Waals surface area contributed by atoms with Crippen LogP contribution in [0.4, 0.5) is 9.18 Å². The van der Waals surface area contributed by atoms with Gasteiger partial charge < -0.3 is 4.74 Å². The molecule has 0 saturated carbocycles. The lowest BCUT2D eigenvalue weighted by molar-refractivity contribution is -0.123. The van der Waals surface area contributed by atoms with Crippen molar-refractivity contribution in [3.05, 3.63) is 47.8 Å². The Morgan fingerprint density at radius 2 is 2.00 bits per heavy atom. The first-order valence-electron chi connectivity index (χ1n) is 5.35. The maximum Gasteiger partial charge on any atom is 0.415 e. The molecule has 1 aliphatic rings. The van der Waals surface area contributed by atoms with Crippen LogP contribution in [0.1, 0.15) is 11.7 Å². The first-order chi connectivity index (χ1) is 8.65. The van der Waals surface area contributed by atoms with E-state index in [-0.39, 0.29) is 0 Å². The highest BCUT2D eigenvalue weighted by Crippen LogP contribution is 2.29. The summed E-state index contributed by atoms with van der Waals surface area (Å²) in [4.78, 5) is 22.6. The number of hydrogen-bond donors (Lipinski definition) is 1. The monoisotopic (exact) mass is 245 g/mol.